The topological polar surface area (TPSA) is 61.2 Å². The van der Waals surface area contributed by atoms with Crippen molar-refractivity contribution in [3.8, 4) is 28.2 Å². The number of furan rings is 1. The number of para-hydroxylation sites is 2. The van der Waals surface area contributed by atoms with Crippen molar-refractivity contribution in [1.29, 1.82) is 0 Å². The Morgan fingerprint density at radius 1 is 0.649 bits per heavy atom. The van der Waals surface area contributed by atoms with E-state index in [2.05, 4.69) is 61.4 Å². The lowest BCUT2D eigenvalue weighted by Crippen LogP contribution is -1.95. The van der Waals surface area contributed by atoms with Gasteiger partial charge in [0.1, 0.15) is 11.1 Å². The number of imidazole rings is 2. The van der Waals surface area contributed by atoms with Gasteiger partial charge in [-0.3, -0.25) is 18.9 Å². The van der Waals surface area contributed by atoms with E-state index >= 15 is 0 Å². The lowest BCUT2D eigenvalue weighted by atomic mass is 10.1. The van der Waals surface area contributed by atoms with Crippen LogP contribution < -0.4 is 0 Å². The van der Waals surface area contributed by atoms with Crippen LogP contribution in [0.4, 0.5) is 0 Å². The first kappa shape index (κ1) is 20.0. The second-order valence-corrected chi connectivity index (χ2v) is 9.02. The third kappa shape index (κ3) is 2.96. The molecule has 37 heavy (non-hydrogen) atoms. The Kier molecular flexibility index (Phi) is 4.13. The predicted molar refractivity (Wildman–Crippen MR) is 146 cm³/mol. The van der Waals surface area contributed by atoms with Crippen LogP contribution in [0.3, 0.4) is 0 Å². The van der Waals surface area contributed by atoms with Crippen molar-refractivity contribution >= 4 is 39.0 Å². The van der Waals surface area contributed by atoms with Crippen molar-refractivity contribution in [1.82, 2.24) is 23.9 Å². The number of rotatable bonds is 3. The van der Waals surface area contributed by atoms with Crippen molar-refractivity contribution in [2.24, 2.45) is 0 Å². The van der Waals surface area contributed by atoms with Gasteiger partial charge in [-0.25, -0.2) is 0 Å². The molecule has 6 heteroatoms. The summed E-state index contributed by atoms with van der Waals surface area (Å²) < 4.78 is 10.5. The fourth-order valence-corrected chi connectivity index (χ4v) is 5.17. The molecule has 0 unspecified atom stereocenters. The highest BCUT2D eigenvalue weighted by Crippen LogP contribution is 2.36. The van der Waals surface area contributed by atoms with Crippen LogP contribution in [-0.2, 0) is 0 Å². The number of hydrogen-bond donors (Lipinski definition) is 0. The summed E-state index contributed by atoms with van der Waals surface area (Å²) in [6.07, 6.45) is 3.70. The van der Waals surface area contributed by atoms with E-state index in [0.717, 1.165) is 61.5 Å². The van der Waals surface area contributed by atoms with Crippen LogP contribution in [0.15, 0.2) is 120 Å². The van der Waals surface area contributed by atoms with Crippen LogP contribution in [0, 0.1) is 0 Å². The molecule has 8 rings (SSSR count). The smallest absolute Gasteiger partial charge is 0.248 e. The molecular formula is C31H19N5O. The van der Waals surface area contributed by atoms with Crippen molar-refractivity contribution in [3.05, 3.63) is 116 Å². The number of pyridine rings is 2. The van der Waals surface area contributed by atoms with Gasteiger partial charge in [-0.15, -0.1) is 0 Å². The highest BCUT2D eigenvalue weighted by Gasteiger charge is 2.21. The fourth-order valence-electron chi connectivity index (χ4n) is 5.17. The van der Waals surface area contributed by atoms with Crippen molar-refractivity contribution < 1.29 is 4.42 Å². The Hall–Kier alpha value is -5.23. The maximum absolute atomic E-state index is 6.12. The minimum absolute atomic E-state index is 0.640. The van der Waals surface area contributed by atoms with Crippen LogP contribution in [0.5, 0.6) is 0 Å². The van der Waals surface area contributed by atoms with Crippen LogP contribution in [0.1, 0.15) is 0 Å². The molecule has 0 fully saturated rings. The second kappa shape index (κ2) is 7.63. The van der Waals surface area contributed by atoms with Crippen molar-refractivity contribution in [2.45, 2.75) is 0 Å². The van der Waals surface area contributed by atoms with Gasteiger partial charge in [0.05, 0.1) is 22.4 Å². The number of hydrogen-bond acceptors (Lipinski definition) is 4. The summed E-state index contributed by atoms with van der Waals surface area (Å²) in [4.78, 5) is 14.1. The van der Waals surface area contributed by atoms with Crippen LogP contribution in [-0.4, -0.2) is 23.9 Å². The molecule has 0 saturated heterocycles. The van der Waals surface area contributed by atoms with Gasteiger partial charge in [-0.1, -0.05) is 48.5 Å². The monoisotopic (exact) mass is 477 g/mol. The molecule has 0 aliphatic carbocycles. The summed E-state index contributed by atoms with van der Waals surface area (Å²) >= 11 is 0. The van der Waals surface area contributed by atoms with Gasteiger partial charge in [-0.05, 0) is 60.2 Å². The largest absolute Gasteiger partial charge is 0.436 e. The highest BCUT2D eigenvalue weighted by atomic mass is 16.3. The van der Waals surface area contributed by atoms with E-state index in [9.17, 15) is 0 Å². The molecule has 5 heterocycles. The zero-order chi connectivity index (χ0) is 24.3. The lowest BCUT2D eigenvalue weighted by molar-refractivity contribution is 0.656. The molecule has 6 nitrogen and oxygen atoms in total. The van der Waals surface area contributed by atoms with E-state index in [0.29, 0.717) is 5.71 Å². The summed E-state index contributed by atoms with van der Waals surface area (Å²) in [5, 5.41) is 1.05. The maximum Gasteiger partial charge on any atom is 0.248 e. The summed E-state index contributed by atoms with van der Waals surface area (Å²) in [6, 6.07) is 34.9. The van der Waals surface area contributed by atoms with Gasteiger partial charge >= 0.3 is 0 Å². The standard InChI is InChI=1S/C31H19N5O/c1-2-8-22(9-3-1)35-27-18-20(21-13-15-25(33-19-21)24-11-6-7-17-32-24)14-16-26(27)36-29-23-10-4-5-12-28(23)37-30(29)34-31(35)36/h1-19H. The molecule has 0 bridgehead atoms. The molecular weight excluding hydrogens is 458 g/mol. The molecule has 0 spiro atoms. The van der Waals surface area contributed by atoms with Crippen molar-refractivity contribution in [2.75, 3.05) is 0 Å². The van der Waals surface area contributed by atoms with E-state index in [4.69, 9.17) is 9.40 Å². The minimum Gasteiger partial charge on any atom is -0.436 e. The number of aromatic nitrogens is 5. The first-order valence-corrected chi connectivity index (χ1v) is 12.1. The van der Waals surface area contributed by atoms with Crippen molar-refractivity contribution in [3.63, 3.8) is 0 Å². The van der Waals surface area contributed by atoms with Crippen LogP contribution in [0.25, 0.3) is 67.2 Å². The Balaban J connectivity index is 1.38. The van der Waals surface area contributed by atoms with E-state index in [1.807, 2.05) is 66.9 Å². The molecule has 0 saturated carbocycles. The van der Waals surface area contributed by atoms with Gasteiger partial charge in [0.25, 0.3) is 0 Å². The third-order valence-electron chi connectivity index (χ3n) is 6.87. The number of benzene rings is 3. The van der Waals surface area contributed by atoms with Gasteiger partial charge in [-0.2, -0.15) is 4.98 Å². The average Bonchev–Trinajstić information content (AvgIpc) is 3.60. The Morgan fingerprint density at radius 3 is 2.30 bits per heavy atom. The third-order valence-corrected chi connectivity index (χ3v) is 6.87. The SMILES string of the molecule is c1ccc(-n2c3cc(-c4ccc(-c5ccccn5)nc4)ccc3n3c4c(nc23)oc2ccccc24)cc1. The molecule has 3 aromatic carbocycles. The Labute approximate surface area is 211 Å². The summed E-state index contributed by atoms with van der Waals surface area (Å²) in [6.45, 7) is 0. The van der Waals surface area contributed by atoms with Gasteiger partial charge in [0.15, 0.2) is 0 Å². The predicted octanol–water partition coefficient (Wildman–Crippen LogP) is 7.30. The zero-order valence-corrected chi connectivity index (χ0v) is 19.6. The number of nitrogens with zero attached hydrogens (tertiary/aromatic N) is 5. The molecule has 0 radical (unpaired) electrons. The van der Waals surface area contributed by atoms with Gasteiger partial charge < -0.3 is 4.42 Å². The average molecular weight is 478 g/mol. The molecule has 5 aromatic heterocycles. The molecule has 0 atom stereocenters. The van der Waals surface area contributed by atoms with Crippen LogP contribution >= 0.6 is 0 Å². The molecule has 8 aromatic rings. The molecule has 174 valence electrons. The van der Waals surface area contributed by atoms with Crippen LogP contribution in [0.2, 0.25) is 0 Å². The van der Waals surface area contributed by atoms with E-state index in [-0.39, 0.29) is 0 Å². The zero-order valence-electron chi connectivity index (χ0n) is 19.6. The first-order valence-electron chi connectivity index (χ1n) is 12.1. The molecule has 0 N–H and O–H groups in total. The molecule has 0 aliphatic heterocycles. The summed E-state index contributed by atoms with van der Waals surface area (Å²) in [5.74, 6) is 0.821. The first-order chi connectivity index (χ1) is 18.3. The normalized spacial score (nSPS) is 11.8. The van der Waals surface area contributed by atoms with Gasteiger partial charge in [0, 0.05) is 29.0 Å². The fraction of sp³-hybridized carbons (Fsp3) is 0. The summed E-state index contributed by atoms with van der Waals surface area (Å²) in [7, 11) is 0. The van der Waals surface area contributed by atoms with E-state index < -0.39 is 0 Å². The van der Waals surface area contributed by atoms with E-state index in [1.165, 1.54) is 0 Å². The quantitative estimate of drug-likeness (QED) is 0.268. The molecule has 0 aliphatic rings. The lowest BCUT2D eigenvalue weighted by Gasteiger charge is -2.07. The minimum atomic E-state index is 0.640. The summed E-state index contributed by atoms with van der Waals surface area (Å²) in [5.41, 5.74) is 9.47. The maximum atomic E-state index is 6.12. The number of fused-ring (bicyclic) bond motifs is 7. The Bertz CT molecular complexity index is 2070. The Morgan fingerprint density at radius 2 is 1.46 bits per heavy atom. The second-order valence-electron chi connectivity index (χ2n) is 9.02. The van der Waals surface area contributed by atoms with E-state index in [1.54, 1.807) is 6.20 Å². The molecule has 0 amide bonds. The van der Waals surface area contributed by atoms with Gasteiger partial charge in [0.2, 0.25) is 11.5 Å². The highest BCUT2D eigenvalue weighted by molar-refractivity contribution is 6.06.